The van der Waals surface area contributed by atoms with Crippen LogP contribution in [-0.2, 0) is 11.3 Å². The number of nitrogens with zero attached hydrogens (tertiary/aromatic N) is 2. The predicted molar refractivity (Wildman–Crippen MR) is 104 cm³/mol. The van der Waals surface area contributed by atoms with Crippen LogP contribution in [0.3, 0.4) is 0 Å². The fraction of sp³-hybridized carbons (Fsp3) is 0.100. The van der Waals surface area contributed by atoms with Crippen molar-refractivity contribution < 1.29 is 14.0 Å². The van der Waals surface area contributed by atoms with Gasteiger partial charge in [0.05, 0.1) is 5.56 Å². The summed E-state index contributed by atoms with van der Waals surface area (Å²) < 4.78 is 12.9. The van der Waals surface area contributed by atoms with Crippen molar-refractivity contribution in [2.24, 2.45) is 0 Å². The maximum Gasteiger partial charge on any atom is 0.258 e. The van der Waals surface area contributed by atoms with Crippen molar-refractivity contribution in [2.75, 3.05) is 16.0 Å². The van der Waals surface area contributed by atoms with Crippen LogP contribution in [0.25, 0.3) is 0 Å². The van der Waals surface area contributed by atoms with Gasteiger partial charge in [-0.05, 0) is 35.9 Å². The fourth-order valence-electron chi connectivity index (χ4n) is 2.40. The van der Waals surface area contributed by atoms with E-state index in [1.807, 2.05) is 0 Å². The molecule has 0 bridgehead atoms. The molecule has 0 aliphatic heterocycles. The molecule has 3 aromatic rings. The zero-order valence-corrected chi connectivity index (χ0v) is 15.1. The first-order valence-corrected chi connectivity index (χ1v) is 8.49. The van der Waals surface area contributed by atoms with Gasteiger partial charge >= 0.3 is 0 Å². The number of amides is 2. The van der Waals surface area contributed by atoms with Gasteiger partial charge in [0, 0.05) is 37.2 Å². The second-order valence-electron chi connectivity index (χ2n) is 5.99. The van der Waals surface area contributed by atoms with Gasteiger partial charge < -0.3 is 16.0 Å². The Balaban J connectivity index is 1.59. The lowest BCUT2D eigenvalue weighted by atomic mass is 10.2. The van der Waals surface area contributed by atoms with Gasteiger partial charge in [0.2, 0.25) is 11.9 Å². The number of halogens is 1. The van der Waals surface area contributed by atoms with E-state index >= 15 is 0 Å². The molecule has 8 heteroatoms. The van der Waals surface area contributed by atoms with E-state index in [0.29, 0.717) is 23.9 Å². The van der Waals surface area contributed by atoms with E-state index in [9.17, 15) is 14.0 Å². The zero-order chi connectivity index (χ0) is 19.9. The molecule has 3 rings (SSSR count). The third kappa shape index (κ3) is 5.34. The number of aromatic nitrogens is 2. The van der Waals surface area contributed by atoms with Crippen LogP contribution in [0.15, 0.2) is 60.9 Å². The van der Waals surface area contributed by atoms with Crippen molar-refractivity contribution in [3.63, 3.8) is 0 Å². The summed E-state index contributed by atoms with van der Waals surface area (Å²) in [7, 11) is 0. The first-order valence-electron chi connectivity index (χ1n) is 8.49. The minimum Gasteiger partial charge on any atom is -0.350 e. The standard InChI is InChI=1S/C20H18FN5O2/c1-13(27)25-17-3-2-4-18(9-17)26-19(28)15-11-23-20(24-12-15)22-10-14-5-7-16(21)8-6-14/h2-9,11-12H,10H2,1H3,(H,25,27)(H,26,28)(H,22,23,24). The van der Waals surface area contributed by atoms with E-state index in [2.05, 4.69) is 25.9 Å². The normalized spacial score (nSPS) is 10.2. The van der Waals surface area contributed by atoms with Crippen LogP contribution in [0.4, 0.5) is 21.7 Å². The number of benzene rings is 2. The fourth-order valence-corrected chi connectivity index (χ4v) is 2.40. The molecule has 3 N–H and O–H groups in total. The number of nitrogens with one attached hydrogen (secondary N) is 3. The molecule has 0 aliphatic rings. The Hall–Kier alpha value is -3.81. The monoisotopic (exact) mass is 379 g/mol. The average Bonchev–Trinajstić information content (AvgIpc) is 2.68. The van der Waals surface area contributed by atoms with Gasteiger partial charge in [-0.1, -0.05) is 18.2 Å². The topological polar surface area (TPSA) is 96.0 Å². The van der Waals surface area contributed by atoms with E-state index in [0.717, 1.165) is 5.56 Å². The number of anilines is 3. The first kappa shape index (κ1) is 19.0. The summed E-state index contributed by atoms with van der Waals surface area (Å²) in [4.78, 5) is 31.7. The summed E-state index contributed by atoms with van der Waals surface area (Å²) in [6.07, 6.45) is 2.82. The van der Waals surface area contributed by atoms with Crippen molar-refractivity contribution in [3.05, 3.63) is 77.9 Å². The molecule has 0 fully saturated rings. The molecule has 0 saturated heterocycles. The molecule has 0 saturated carbocycles. The molecule has 142 valence electrons. The molecular formula is C20H18FN5O2. The predicted octanol–water partition coefficient (Wildman–Crippen LogP) is 3.44. The second kappa shape index (κ2) is 8.72. The molecule has 2 amide bonds. The third-order valence-corrected chi connectivity index (χ3v) is 3.72. The minimum atomic E-state index is -0.370. The van der Waals surface area contributed by atoms with Gasteiger partial charge in [-0.25, -0.2) is 14.4 Å². The molecule has 0 radical (unpaired) electrons. The highest BCUT2D eigenvalue weighted by Gasteiger charge is 2.08. The Bertz CT molecular complexity index is 975. The van der Waals surface area contributed by atoms with Crippen molar-refractivity contribution in [2.45, 2.75) is 13.5 Å². The van der Waals surface area contributed by atoms with Crippen LogP contribution in [0.5, 0.6) is 0 Å². The molecule has 0 unspecified atom stereocenters. The van der Waals surface area contributed by atoms with Crippen molar-refractivity contribution in [1.82, 2.24) is 9.97 Å². The average molecular weight is 379 g/mol. The Kier molecular flexibility index (Phi) is 5.91. The van der Waals surface area contributed by atoms with Gasteiger partial charge in [-0.2, -0.15) is 0 Å². The Morgan fingerprint density at radius 1 is 0.964 bits per heavy atom. The lowest BCUT2D eigenvalue weighted by molar-refractivity contribution is -0.114. The molecule has 7 nitrogen and oxygen atoms in total. The van der Waals surface area contributed by atoms with E-state index in [4.69, 9.17) is 0 Å². The summed E-state index contributed by atoms with van der Waals surface area (Å²) >= 11 is 0. The maximum absolute atomic E-state index is 12.9. The van der Waals surface area contributed by atoms with Crippen molar-refractivity contribution in [1.29, 1.82) is 0 Å². The quantitative estimate of drug-likeness (QED) is 0.610. The molecule has 0 spiro atoms. The van der Waals surface area contributed by atoms with E-state index in [1.54, 1.807) is 36.4 Å². The lowest BCUT2D eigenvalue weighted by Crippen LogP contribution is -2.14. The molecule has 28 heavy (non-hydrogen) atoms. The third-order valence-electron chi connectivity index (χ3n) is 3.72. The Morgan fingerprint density at radius 2 is 1.61 bits per heavy atom. The van der Waals surface area contributed by atoms with E-state index in [-0.39, 0.29) is 23.2 Å². The smallest absolute Gasteiger partial charge is 0.258 e. The zero-order valence-electron chi connectivity index (χ0n) is 15.1. The highest BCUT2D eigenvalue weighted by Crippen LogP contribution is 2.16. The van der Waals surface area contributed by atoms with Gasteiger partial charge in [-0.15, -0.1) is 0 Å². The molecule has 1 heterocycles. The summed E-state index contributed by atoms with van der Waals surface area (Å²) in [5.74, 6) is -0.503. The second-order valence-corrected chi connectivity index (χ2v) is 5.99. The minimum absolute atomic E-state index is 0.194. The van der Waals surface area contributed by atoms with Crippen LogP contribution in [0, 0.1) is 5.82 Å². The Morgan fingerprint density at radius 3 is 2.25 bits per heavy atom. The lowest BCUT2D eigenvalue weighted by Gasteiger charge is -2.08. The maximum atomic E-state index is 12.9. The number of hydrogen-bond donors (Lipinski definition) is 3. The summed E-state index contributed by atoms with van der Waals surface area (Å²) in [5, 5.41) is 8.39. The molecule has 0 aliphatic carbocycles. The molecule has 1 aromatic heterocycles. The van der Waals surface area contributed by atoms with Gasteiger partial charge in [-0.3, -0.25) is 9.59 Å². The highest BCUT2D eigenvalue weighted by molar-refractivity contribution is 6.04. The van der Waals surface area contributed by atoms with Crippen LogP contribution in [0.1, 0.15) is 22.8 Å². The SMILES string of the molecule is CC(=O)Nc1cccc(NC(=O)c2cnc(NCc3ccc(F)cc3)nc2)c1. The van der Waals surface area contributed by atoms with E-state index in [1.165, 1.54) is 31.5 Å². The number of carbonyl (C=O) groups is 2. The molecule has 2 aromatic carbocycles. The number of rotatable bonds is 6. The summed E-state index contributed by atoms with van der Waals surface area (Å²) in [5.41, 5.74) is 2.29. The summed E-state index contributed by atoms with van der Waals surface area (Å²) in [6, 6.07) is 12.9. The van der Waals surface area contributed by atoms with Crippen LogP contribution >= 0.6 is 0 Å². The van der Waals surface area contributed by atoms with Crippen LogP contribution in [0.2, 0.25) is 0 Å². The van der Waals surface area contributed by atoms with Crippen molar-refractivity contribution in [3.8, 4) is 0 Å². The van der Waals surface area contributed by atoms with Crippen LogP contribution < -0.4 is 16.0 Å². The Labute approximate surface area is 161 Å². The molecule has 0 atom stereocenters. The van der Waals surface area contributed by atoms with Gasteiger partial charge in [0.25, 0.3) is 5.91 Å². The van der Waals surface area contributed by atoms with Crippen LogP contribution in [-0.4, -0.2) is 21.8 Å². The largest absolute Gasteiger partial charge is 0.350 e. The van der Waals surface area contributed by atoms with E-state index < -0.39 is 0 Å². The highest BCUT2D eigenvalue weighted by atomic mass is 19.1. The van der Waals surface area contributed by atoms with Gasteiger partial charge in [0.15, 0.2) is 0 Å². The first-order chi connectivity index (χ1) is 13.5. The van der Waals surface area contributed by atoms with Crippen molar-refractivity contribution >= 4 is 29.1 Å². The number of hydrogen-bond acceptors (Lipinski definition) is 5. The number of carbonyl (C=O) groups excluding carboxylic acids is 2. The molecular weight excluding hydrogens is 361 g/mol. The van der Waals surface area contributed by atoms with Gasteiger partial charge in [0.1, 0.15) is 5.82 Å². The summed E-state index contributed by atoms with van der Waals surface area (Å²) in [6.45, 7) is 1.84.